The molecule has 9 nitrogen and oxygen atoms in total. The highest BCUT2D eigenvalue weighted by Crippen LogP contribution is 2.27. The zero-order valence-corrected chi connectivity index (χ0v) is 14.3. The third kappa shape index (κ3) is 6.30. The molecule has 0 bridgehead atoms. The average Bonchev–Trinajstić information content (AvgIpc) is 2.62. The number of amides is 2. The van der Waals surface area contributed by atoms with E-state index in [2.05, 4.69) is 10.6 Å². The van der Waals surface area contributed by atoms with Gasteiger partial charge in [0.2, 0.25) is 5.91 Å². The minimum Gasteiger partial charge on any atom is -0.493 e. The minimum absolute atomic E-state index is 0.126. The Balaban J connectivity index is 2.60. The summed E-state index contributed by atoms with van der Waals surface area (Å²) in [6.07, 6.45) is 0.126. The molecule has 1 unspecified atom stereocenters. The molecule has 0 radical (unpaired) electrons. The van der Waals surface area contributed by atoms with Crippen molar-refractivity contribution in [2.75, 3.05) is 34.5 Å². The molecule has 25 heavy (non-hydrogen) atoms. The number of carboxylic acid groups (broad SMARTS) is 1. The fourth-order valence-corrected chi connectivity index (χ4v) is 1.98. The minimum atomic E-state index is -1.17. The van der Waals surface area contributed by atoms with Crippen molar-refractivity contribution in [1.29, 1.82) is 0 Å². The highest BCUT2D eigenvalue weighted by molar-refractivity contribution is 5.97. The molecular formula is C16H22N2O7. The van der Waals surface area contributed by atoms with Crippen LogP contribution in [0.2, 0.25) is 0 Å². The van der Waals surface area contributed by atoms with Crippen LogP contribution >= 0.6 is 0 Å². The quantitative estimate of drug-likeness (QED) is 0.542. The maximum atomic E-state index is 12.1. The van der Waals surface area contributed by atoms with Crippen LogP contribution in [0.5, 0.6) is 11.5 Å². The fourth-order valence-electron chi connectivity index (χ4n) is 1.98. The molecule has 9 heteroatoms. The molecule has 0 spiro atoms. The van der Waals surface area contributed by atoms with Gasteiger partial charge in [-0.1, -0.05) is 0 Å². The van der Waals surface area contributed by atoms with E-state index >= 15 is 0 Å². The van der Waals surface area contributed by atoms with Crippen LogP contribution in [0, 0.1) is 0 Å². The Kier molecular flexibility index (Phi) is 8.21. The molecule has 0 aliphatic heterocycles. The number of nitrogens with one attached hydrogen (secondary N) is 2. The molecule has 0 aliphatic rings. The summed E-state index contributed by atoms with van der Waals surface area (Å²) >= 11 is 0. The van der Waals surface area contributed by atoms with Crippen molar-refractivity contribution in [1.82, 2.24) is 10.6 Å². The van der Waals surface area contributed by atoms with Gasteiger partial charge in [0, 0.05) is 25.7 Å². The maximum Gasteiger partial charge on any atom is 0.326 e. The topological polar surface area (TPSA) is 123 Å². The number of carbonyl (C=O) groups is 3. The van der Waals surface area contributed by atoms with Gasteiger partial charge in [-0.15, -0.1) is 0 Å². The van der Waals surface area contributed by atoms with Crippen molar-refractivity contribution in [3.63, 3.8) is 0 Å². The molecular weight excluding hydrogens is 332 g/mol. The molecule has 3 N–H and O–H groups in total. The monoisotopic (exact) mass is 354 g/mol. The Morgan fingerprint density at radius 2 is 1.80 bits per heavy atom. The second-order valence-corrected chi connectivity index (χ2v) is 4.99. The number of methoxy groups -OCH3 is 3. The average molecular weight is 354 g/mol. The van der Waals surface area contributed by atoms with Gasteiger partial charge in [0.1, 0.15) is 6.04 Å². The summed E-state index contributed by atoms with van der Waals surface area (Å²) in [5.41, 5.74) is 0.277. The Morgan fingerprint density at radius 1 is 1.12 bits per heavy atom. The third-order valence-corrected chi connectivity index (χ3v) is 3.30. The standard InChI is InChI=1S/C16H22N2O7/c1-23-7-6-11(16(21)22)18-14(19)9-17-15(20)10-4-5-12(24-2)13(8-10)25-3/h4-5,8,11H,6-7,9H2,1-3H3,(H,17,20)(H,18,19)(H,21,22). The maximum absolute atomic E-state index is 12.1. The van der Waals surface area contributed by atoms with Crippen molar-refractivity contribution < 1.29 is 33.7 Å². The number of ether oxygens (including phenoxy) is 3. The lowest BCUT2D eigenvalue weighted by Gasteiger charge is -2.14. The third-order valence-electron chi connectivity index (χ3n) is 3.30. The predicted octanol–water partition coefficient (Wildman–Crippen LogP) is 0.0395. The van der Waals surface area contributed by atoms with Crippen LogP contribution in [0.3, 0.4) is 0 Å². The lowest BCUT2D eigenvalue weighted by atomic mass is 10.2. The molecule has 1 aromatic carbocycles. The summed E-state index contributed by atoms with van der Waals surface area (Å²) in [7, 11) is 4.35. The summed E-state index contributed by atoms with van der Waals surface area (Å²) in [5.74, 6) is -1.43. The summed E-state index contributed by atoms with van der Waals surface area (Å²) in [6, 6.07) is 3.49. The second-order valence-electron chi connectivity index (χ2n) is 4.99. The van der Waals surface area contributed by atoms with Crippen LogP contribution in [0.25, 0.3) is 0 Å². The van der Waals surface area contributed by atoms with E-state index in [0.29, 0.717) is 11.5 Å². The molecule has 1 aromatic rings. The van der Waals surface area contributed by atoms with Gasteiger partial charge in [0.25, 0.3) is 5.91 Å². The molecule has 138 valence electrons. The summed E-state index contributed by atoms with van der Waals surface area (Å²) in [4.78, 5) is 34.9. The molecule has 0 aliphatic carbocycles. The zero-order chi connectivity index (χ0) is 18.8. The van der Waals surface area contributed by atoms with E-state index in [1.54, 1.807) is 6.07 Å². The van der Waals surface area contributed by atoms with E-state index in [-0.39, 0.29) is 25.1 Å². The van der Waals surface area contributed by atoms with E-state index in [4.69, 9.17) is 19.3 Å². The van der Waals surface area contributed by atoms with Crippen molar-refractivity contribution in [2.45, 2.75) is 12.5 Å². The number of hydrogen-bond acceptors (Lipinski definition) is 6. The van der Waals surface area contributed by atoms with Crippen molar-refractivity contribution in [2.24, 2.45) is 0 Å². The summed E-state index contributed by atoms with van der Waals surface area (Å²) < 4.78 is 15.0. The van der Waals surface area contributed by atoms with Crippen LogP contribution in [-0.4, -0.2) is 63.4 Å². The van der Waals surface area contributed by atoms with Crippen LogP contribution in [0.15, 0.2) is 18.2 Å². The highest BCUT2D eigenvalue weighted by Gasteiger charge is 2.20. The van der Waals surface area contributed by atoms with E-state index in [1.807, 2.05) is 0 Å². The number of rotatable bonds is 10. The first-order chi connectivity index (χ1) is 11.9. The number of carbonyl (C=O) groups excluding carboxylic acids is 2. The fraction of sp³-hybridized carbons (Fsp3) is 0.438. The SMILES string of the molecule is COCCC(NC(=O)CNC(=O)c1ccc(OC)c(OC)c1)C(=O)O. The van der Waals surface area contributed by atoms with Gasteiger partial charge in [0.05, 0.1) is 20.8 Å². The largest absolute Gasteiger partial charge is 0.493 e. The molecule has 0 heterocycles. The van der Waals surface area contributed by atoms with E-state index in [9.17, 15) is 14.4 Å². The summed E-state index contributed by atoms with van der Waals surface area (Å²) in [6.45, 7) is -0.167. The lowest BCUT2D eigenvalue weighted by molar-refractivity contribution is -0.142. The Labute approximate surface area is 145 Å². The van der Waals surface area contributed by atoms with Crippen LogP contribution < -0.4 is 20.1 Å². The first kappa shape index (κ1) is 20.2. The van der Waals surface area contributed by atoms with Gasteiger partial charge in [0.15, 0.2) is 11.5 Å². The lowest BCUT2D eigenvalue weighted by Crippen LogP contribution is -2.46. The van der Waals surface area contributed by atoms with Crippen molar-refractivity contribution in [3.8, 4) is 11.5 Å². The van der Waals surface area contributed by atoms with Crippen LogP contribution in [0.1, 0.15) is 16.8 Å². The van der Waals surface area contributed by atoms with Gasteiger partial charge in [-0.2, -0.15) is 0 Å². The van der Waals surface area contributed by atoms with Crippen molar-refractivity contribution in [3.05, 3.63) is 23.8 Å². The first-order valence-corrected chi connectivity index (χ1v) is 7.44. The number of hydrogen-bond donors (Lipinski definition) is 3. The van der Waals surface area contributed by atoms with Crippen LogP contribution in [-0.2, 0) is 14.3 Å². The highest BCUT2D eigenvalue weighted by atomic mass is 16.5. The van der Waals surface area contributed by atoms with Gasteiger partial charge < -0.3 is 30.0 Å². The smallest absolute Gasteiger partial charge is 0.326 e. The Bertz CT molecular complexity index is 619. The van der Waals surface area contributed by atoms with E-state index in [0.717, 1.165) is 0 Å². The van der Waals surface area contributed by atoms with E-state index < -0.39 is 23.8 Å². The predicted molar refractivity (Wildman–Crippen MR) is 87.9 cm³/mol. The van der Waals surface area contributed by atoms with Gasteiger partial charge in [-0.05, 0) is 18.2 Å². The zero-order valence-electron chi connectivity index (χ0n) is 14.3. The van der Waals surface area contributed by atoms with Crippen LogP contribution in [0.4, 0.5) is 0 Å². The van der Waals surface area contributed by atoms with Crippen molar-refractivity contribution >= 4 is 17.8 Å². The number of benzene rings is 1. The Morgan fingerprint density at radius 3 is 2.36 bits per heavy atom. The molecule has 2 amide bonds. The van der Waals surface area contributed by atoms with Gasteiger partial charge >= 0.3 is 5.97 Å². The first-order valence-electron chi connectivity index (χ1n) is 7.44. The molecule has 0 saturated heterocycles. The molecule has 0 aromatic heterocycles. The molecule has 0 fully saturated rings. The number of aliphatic carboxylic acids is 1. The normalized spacial score (nSPS) is 11.3. The summed E-state index contributed by atoms with van der Waals surface area (Å²) in [5, 5.41) is 13.8. The number of carboxylic acids is 1. The molecule has 1 rings (SSSR count). The van der Waals surface area contributed by atoms with Gasteiger partial charge in [-0.3, -0.25) is 9.59 Å². The molecule has 0 saturated carbocycles. The molecule has 1 atom stereocenters. The second kappa shape index (κ2) is 10.1. The van der Waals surface area contributed by atoms with E-state index in [1.165, 1.54) is 33.5 Å². The van der Waals surface area contributed by atoms with Gasteiger partial charge in [-0.25, -0.2) is 4.79 Å². The Hall–Kier alpha value is -2.81.